The lowest BCUT2D eigenvalue weighted by Crippen LogP contribution is -2.64. The number of carbonyl (C=O) groups is 1. The van der Waals surface area contributed by atoms with Crippen LogP contribution in [0.2, 0.25) is 0 Å². The third kappa shape index (κ3) is 3.00. The van der Waals surface area contributed by atoms with Gasteiger partial charge in [0.15, 0.2) is 0 Å². The van der Waals surface area contributed by atoms with Crippen LogP contribution in [-0.4, -0.2) is 31.2 Å². The summed E-state index contributed by atoms with van der Waals surface area (Å²) >= 11 is 0. The normalized spacial score (nSPS) is 28.8. The predicted molar refractivity (Wildman–Crippen MR) is 89.1 cm³/mol. The smallest absolute Gasteiger partial charge is 0.237 e. The second-order valence-electron chi connectivity index (χ2n) is 6.75. The highest BCUT2D eigenvalue weighted by molar-refractivity contribution is 5.85. The molecule has 0 bridgehead atoms. The molecule has 0 radical (unpaired) electrons. The molecule has 1 saturated carbocycles. The van der Waals surface area contributed by atoms with E-state index in [1.165, 1.54) is 11.1 Å². The number of rotatable bonds is 3. The highest BCUT2D eigenvalue weighted by Crippen LogP contribution is 2.42. The maximum atomic E-state index is 12.5. The van der Waals surface area contributed by atoms with Gasteiger partial charge in [-0.15, -0.1) is 12.4 Å². The maximum absolute atomic E-state index is 12.5. The van der Waals surface area contributed by atoms with Crippen molar-refractivity contribution < 1.29 is 9.53 Å². The molecule has 5 heteroatoms. The van der Waals surface area contributed by atoms with Crippen molar-refractivity contribution in [3.63, 3.8) is 0 Å². The van der Waals surface area contributed by atoms with Crippen LogP contribution in [0, 0.1) is 5.41 Å². The van der Waals surface area contributed by atoms with Crippen LogP contribution in [0.1, 0.15) is 31.4 Å². The van der Waals surface area contributed by atoms with E-state index < -0.39 is 0 Å². The van der Waals surface area contributed by atoms with Crippen LogP contribution in [0.15, 0.2) is 24.3 Å². The zero-order valence-electron chi connectivity index (χ0n) is 13.4. The molecule has 1 aromatic carbocycles. The van der Waals surface area contributed by atoms with Gasteiger partial charge >= 0.3 is 0 Å². The highest BCUT2D eigenvalue weighted by Gasteiger charge is 2.49. The molecule has 3 unspecified atom stereocenters. The lowest BCUT2D eigenvalue weighted by molar-refractivity contribution is -0.134. The van der Waals surface area contributed by atoms with Gasteiger partial charge in [-0.05, 0) is 24.0 Å². The van der Waals surface area contributed by atoms with E-state index in [9.17, 15) is 4.79 Å². The number of ether oxygens (including phenoxy) is 1. The monoisotopic (exact) mass is 324 g/mol. The molecule has 4 nitrogen and oxygen atoms in total. The molecule has 1 heterocycles. The third-order valence-corrected chi connectivity index (χ3v) is 5.18. The SMILES string of the molecule is COC1CC(NC(=O)C2Cc3ccccc3CN2)C1(C)C.Cl. The van der Waals surface area contributed by atoms with Gasteiger partial charge in [-0.25, -0.2) is 0 Å². The molecule has 1 fully saturated rings. The van der Waals surface area contributed by atoms with E-state index in [2.05, 4.69) is 36.6 Å². The average Bonchev–Trinajstić information content (AvgIpc) is 2.50. The number of benzene rings is 1. The molecule has 1 aliphatic heterocycles. The number of carbonyl (C=O) groups excluding carboxylic acids is 1. The zero-order chi connectivity index (χ0) is 15.0. The van der Waals surface area contributed by atoms with Gasteiger partial charge in [-0.1, -0.05) is 38.1 Å². The minimum atomic E-state index is -0.128. The first kappa shape index (κ1) is 17.3. The highest BCUT2D eigenvalue weighted by atomic mass is 35.5. The van der Waals surface area contributed by atoms with Gasteiger partial charge in [-0.2, -0.15) is 0 Å². The Kier molecular flexibility index (Phi) is 5.15. The van der Waals surface area contributed by atoms with Gasteiger partial charge in [-0.3, -0.25) is 4.79 Å². The number of amides is 1. The summed E-state index contributed by atoms with van der Waals surface area (Å²) in [5, 5.41) is 6.53. The van der Waals surface area contributed by atoms with Gasteiger partial charge in [0.2, 0.25) is 5.91 Å². The van der Waals surface area contributed by atoms with Crippen molar-refractivity contribution in [1.29, 1.82) is 0 Å². The summed E-state index contributed by atoms with van der Waals surface area (Å²) in [6, 6.07) is 8.39. The fourth-order valence-corrected chi connectivity index (χ4v) is 3.44. The Morgan fingerprint density at radius 3 is 2.64 bits per heavy atom. The van der Waals surface area contributed by atoms with Gasteiger partial charge in [0.1, 0.15) is 0 Å². The molecule has 0 saturated heterocycles. The van der Waals surface area contributed by atoms with Crippen LogP contribution < -0.4 is 10.6 Å². The van der Waals surface area contributed by atoms with Crippen LogP contribution in [0.3, 0.4) is 0 Å². The number of halogens is 1. The topological polar surface area (TPSA) is 50.4 Å². The Morgan fingerprint density at radius 2 is 2.00 bits per heavy atom. The number of hydrogen-bond acceptors (Lipinski definition) is 3. The summed E-state index contributed by atoms with van der Waals surface area (Å²) in [5.74, 6) is 0.108. The van der Waals surface area contributed by atoms with E-state index in [-0.39, 0.29) is 41.9 Å². The quantitative estimate of drug-likeness (QED) is 0.894. The Bertz CT molecular complexity index is 547. The zero-order valence-corrected chi connectivity index (χ0v) is 14.2. The van der Waals surface area contributed by atoms with Crippen molar-refractivity contribution in [2.45, 2.75) is 51.4 Å². The van der Waals surface area contributed by atoms with Crippen molar-refractivity contribution in [3.05, 3.63) is 35.4 Å². The second kappa shape index (κ2) is 6.57. The fourth-order valence-electron chi connectivity index (χ4n) is 3.44. The first-order valence-electron chi connectivity index (χ1n) is 7.65. The van der Waals surface area contributed by atoms with Crippen LogP contribution in [0.5, 0.6) is 0 Å². The first-order chi connectivity index (χ1) is 10.0. The lowest BCUT2D eigenvalue weighted by Gasteiger charge is -2.51. The predicted octanol–water partition coefficient (Wildman–Crippen LogP) is 2.05. The fraction of sp³-hybridized carbons (Fsp3) is 0.588. The first-order valence-corrected chi connectivity index (χ1v) is 7.65. The molecule has 1 amide bonds. The maximum Gasteiger partial charge on any atom is 0.237 e. The molecular formula is C17H25ClN2O2. The minimum absolute atomic E-state index is 0. The van der Waals surface area contributed by atoms with E-state index >= 15 is 0 Å². The number of fused-ring (bicyclic) bond motifs is 1. The van der Waals surface area contributed by atoms with E-state index in [0.717, 1.165) is 19.4 Å². The Morgan fingerprint density at radius 1 is 1.32 bits per heavy atom. The summed E-state index contributed by atoms with van der Waals surface area (Å²) in [5.41, 5.74) is 2.58. The van der Waals surface area contributed by atoms with Crippen molar-refractivity contribution in [2.24, 2.45) is 5.41 Å². The Hall–Kier alpha value is -1.10. The van der Waals surface area contributed by atoms with Gasteiger partial charge in [0, 0.05) is 25.1 Å². The molecule has 22 heavy (non-hydrogen) atoms. The van der Waals surface area contributed by atoms with Crippen LogP contribution in [-0.2, 0) is 22.5 Å². The van der Waals surface area contributed by atoms with Crippen molar-refractivity contribution in [1.82, 2.24) is 10.6 Å². The average molecular weight is 325 g/mol. The summed E-state index contributed by atoms with van der Waals surface area (Å²) in [6.07, 6.45) is 1.91. The summed E-state index contributed by atoms with van der Waals surface area (Å²) in [4.78, 5) is 12.5. The Labute approximate surface area is 138 Å². The van der Waals surface area contributed by atoms with Gasteiger partial charge in [0.05, 0.1) is 12.1 Å². The molecule has 2 aliphatic rings. The molecule has 3 rings (SSSR count). The van der Waals surface area contributed by atoms with E-state index in [1.54, 1.807) is 7.11 Å². The van der Waals surface area contributed by atoms with Crippen molar-refractivity contribution in [3.8, 4) is 0 Å². The van der Waals surface area contributed by atoms with Crippen LogP contribution in [0.4, 0.5) is 0 Å². The number of methoxy groups -OCH3 is 1. The van der Waals surface area contributed by atoms with E-state index in [1.807, 2.05) is 12.1 Å². The second-order valence-corrected chi connectivity index (χ2v) is 6.75. The third-order valence-electron chi connectivity index (χ3n) is 5.18. The number of nitrogens with one attached hydrogen (secondary N) is 2. The summed E-state index contributed by atoms with van der Waals surface area (Å²) in [7, 11) is 1.74. The largest absolute Gasteiger partial charge is 0.381 e. The van der Waals surface area contributed by atoms with Crippen LogP contribution in [0.25, 0.3) is 0 Å². The molecule has 3 atom stereocenters. The summed E-state index contributed by atoms with van der Waals surface area (Å²) < 4.78 is 5.44. The molecule has 0 aromatic heterocycles. The molecule has 122 valence electrons. The number of hydrogen-bond donors (Lipinski definition) is 2. The molecule has 2 N–H and O–H groups in total. The van der Waals surface area contributed by atoms with E-state index in [0.29, 0.717) is 0 Å². The van der Waals surface area contributed by atoms with Gasteiger partial charge < -0.3 is 15.4 Å². The van der Waals surface area contributed by atoms with Crippen molar-refractivity contribution >= 4 is 18.3 Å². The van der Waals surface area contributed by atoms with E-state index in [4.69, 9.17) is 4.74 Å². The van der Waals surface area contributed by atoms with Crippen LogP contribution >= 0.6 is 12.4 Å². The lowest BCUT2D eigenvalue weighted by atomic mass is 9.64. The Balaban J connectivity index is 0.00000176. The standard InChI is InChI=1S/C17H24N2O2.ClH/c1-17(2)14(9-15(17)21-3)19-16(20)13-8-11-6-4-5-7-12(11)10-18-13;/h4-7,13-15,18H,8-10H2,1-3H3,(H,19,20);1H. The molecule has 0 spiro atoms. The van der Waals surface area contributed by atoms with Gasteiger partial charge in [0.25, 0.3) is 0 Å². The van der Waals surface area contributed by atoms with Crippen molar-refractivity contribution in [2.75, 3.05) is 7.11 Å². The summed E-state index contributed by atoms with van der Waals surface area (Å²) in [6.45, 7) is 5.07. The molecule has 1 aromatic rings. The molecule has 1 aliphatic carbocycles. The molecular weight excluding hydrogens is 300 g/mol. The minimum Gasteiger partial charge on any atom is -0.381 e.